The minimum Gasteiger partial charge on any atom is -0.356 e. The van der Waals surface area contributed by atoms with Crippen LogP contribution in [0.5, 0.6) is 0 Å². The predicted molar refractivity (Wildman–Crippen MR) is 74.5 cm³/mol. The second kappa shape index (κ2) is 5.52. The van der Waals surface area contributed by atoms with Gasteiger partial charge in [0.1, 0.15) is 17.5 Å². The molecule has 100 valence electrons. The molecule has 0 radical (unpaired) electrons. The molecule has 5 nitrogen and oxygen atoms in total. The smallest absolute Gasteiger partial charge is 0.148 e. The van der Waals surface area contributed by atoms with Crippen molar-refractivity contribution in [3.05, 3.63) is 11.4 Å². The number of rotatable bonds is 3. The molecule has 1 atom stereocenters. The quantitative estimate of drug-likeness (QED) is 0.633. The molecule has 0 amide bonds. The first-order valence-corrected chi connectivity index (χ1v) is 6.72. The summed E-state index contributed by atoms with van der Waals surface area (Å²) in [7, 11) is 0. The monoisotopic (exact) mass is 249 g/mol. The van der Waals surface area contributed by atoms with Crippen molar-refractivity contribution in [1.29, 1.82) is 0 Å². The first-order chi connectivity index (χ1) is 8.65. The van der Waals surface area contributed by atoms with Gasteiger partial charge in [0.2, 0.25) is 0 Å². The molecule has 1 aromatic heterocycles. The van der Waals surface area contributed by atoms with Crippen molar-refractivity contribution in [2.75, 3.05) is 23.4 Å². The predicted octanol–water partition coefficient (Wildman–Crippen LogP) is 2.01. The fourth-order valence-electron chi connectivity index (χ4n) is 2.65. The topological polar surface area (TPSA) is 67.1 Å². The molecular weight excluding hydrogens is 226 g/mol. The molecule has 5 heteroatoms. The third-order valence-electron chi connectivity index (χ3n) is 3.76. The molecule has 0 aliphatic carbocycles. The van der Waals surface area contributed by atoms with Crippen LogP contribution in [0.2, 0.25) is 0 Å². The fraction of sp³-hybridized carbons (Fsp3) is 0.692. The summed E-state index contributed by atoms with van der Waals surface area (Å²) < 4.78 is 0. The van der Waals surface area contributed by atoms with Gasteiger partial charge in [-0.05, 0) is 32.6 Å². The number of nitrogen functional groups attached to an aromatic ring is 1. The number of hydrazine groups is 1. The van der Waals surface area contributed by atoms with Gasteiger partial charge in [0.05, 0.1) is 0 Å². The van der Waals surface area contributed by atoms with Gasteiger partial charge < -0.3 is 10.3 Å². The Morgan fingerprint density at radius 1 is 1.39 bits per heavy atom. The molecule has 0 bridgehead atoms. The van der Waals surface area contributed by atoms with E-state index in [1.54, 1.807) is 0 Å². The summed E-state index contributed by atoms with van der Waals surface area (Å²) in [5.41, 5.74) is 3.70. The van der Waals surface area contributed by atoms with Crippen LogP contribution in [0.1, 0.15) is 37.6 Å². The van der Waals surface area contributed by atoms with E-state index in [9.17, 15) is 0 Å². The summed E-state index contributed by atoms with van der Waals surface area (Å²) in [6.45, 7) is 8.37. The Bertz CT molecular complexity index is 418. The van der Waals surface area contributed by atoms with Crippen LogP contribution in [-0.4, -0.2) is 23.1 Å². The highest BCUT2D eigenvalue weighted by molar-refractivity contribution is 5.58. The maximum atomic E-state index is 5.51. The van der Waals surface area contributed by atoms with Crippen molar-refractivity contribution in [3.63, 3.8) is 0 Å². The number of nitrogens with zero attached hydrogens (tertiary/aromatic N) is 3. The van der Waals surface area contributed by atoms with Crippen LogP contribution >= 0.6 is 0 Å². The van der Waals surface area contributed by atoms with E-state index in [2.05, 4.69) is 27.2 Å². The van der Waals surface area contributed by atoms with Gasteiger partial charge in [-0.25, -0.2) is 15.8 Å². The number of nitrogens with two attached hydrogens (primary N) is 1. The van der Waals surface area contributed by atoms with E-state index < -0.39 is 0 Å². The summed E-state index contributed by atoms with van der Waals surface area (Å²) in [5.74, 6) is 8.83. The van der Waals surface area contributed by atoms with Crippen LogP contribution in [0.25, 0.3) is 0 Å². The summed E-state index contributed by atoms with van der Waals surface area (Å²) in [6, 6.07) is 0. The first-order valence-electron chi connectivity index (χ1n) is 6.72. The Kier molecular flexibility index (Phi) is 4.01. The van der Waals surface area contributed by atoms with Gasteiger partial charge in [-0.15, -0.1) is 0 Å². The number of hydrogen-bond acceptors (Lipinski definition) is 5. The van der Waals surface area contributed by atoms with Crippen LogP contribution in [0.4, 0.5) is 11.6 Å². The lowest BCUT2D eigenvalue weighted by atomic mass is 9.95. The molecule has 1 aromatic rings. The number of piperidine rings is 1. The van der Waals surface area contributed by atoms with E-state index in [0.29, 0.717) is 0 Å². The van der Waals surface area contributed by atoms with Gasteiger partial charge in [0.15, 0.2) is 0 Å². The van der Waals surface area contributed by atoms with E-state index in [1.165, 1.54) is 19.3 Å². The van der Waals surface area contributed by atoms with Gasteiger partial charge in [0.25, 0.3) is 0 Å². The molecule has 1 fully saturated rings. The second-order valence-electron chi connectivity index (χ2n) is 5.07. The van der Waals surface area contributed by atoms with Crippen molar-refractivity contribution >= 4 is 11.6 Å². The van der Waals surface area contributed by atoms with Crippen LogP contribution in [0.3, 0.4) is 0 Å². The molecule has 2 heterocycles. The lowest BCUT2D eigenvalue weighted by Crippen LogP contribution is -2.36. The van der Waals surface area contributed by atoms with Gasteiger partial charge in [-0.1, -0.05) is 13.3 Å². The fourth-order valence-corrected chi connectivity index (χ4v) is 2.65. The van der Waals surface area contributed by atoms with Gasteiger partial charge in [-0.2, -0.15) is 0 Å². The van der Waals surface area contributed by atoms with Crippen molar-refractivity contribution in [2.24, 2.45) is 11.8 Å². The number of hydrogen-bond donors (Lipinski definition) is 2. The minimum atomic E-state index is 0.733. The van der Waals surface area contributed by atoms with Gasteiger partial charge in [-0.3, -0.25) is 0 Å². The Morgan fingerprint density at radius 3 is 2.83 bits per heavy atom. The lowest BCUT2D eigenvalue weighted by molar-refractivity contribution is 0.402. The Labute approximate surface area is 109 Å². The van der Waals surface area contributed by atoms with Gasteiger partial charge >= 0.3 is 0 Å². The third kappa shape index (κ3) is 2.56. The number of nitrogens with one attached hydrogen (secondary N) is 1. The van der Waals surface area contributed by atoms with Crippen LogP contribution in [-0.2, 0) is 0 Å². The SMILES string of the molecule is CCC1CCCN(c2nc(C)nc(NN)c2C)C1. The largest absolute Gasteiger partial charge is 0.356 e. The normalized spacial score (nSPS) is 20.0. The molecule has 1 unspecified atom stereocenters. The van der Waals surface area contributed by atoms with E-state index in [1.807, 2.05) is 13.8 Å². The summed E-state index contributed by atoms with van der Waals surface area (Å²) in [6.07, 6.45) is 3.81. The highest BCUT2D eigenvalue weighted by Gasteiger charge is 2.22. The first kappa shape index (κ1) is 13.1. The van der Waals surface area contributed by atoms with Crippen molar-refractivity contribution in [3.8, 4) is 0 Å². The van der Waals surface area contributed by atoms with E-state index in [-0.39, 0.29) is 0 Å². The molecule has 0 saturated carbocycles. The van der Waals surface area contributed by atoms with Crippen LogP contribution in [0.15, 0.2) is 0 Å². The Balaban J connectivity index is 2.29. The lowest BCUT2D eigenvalue weighted by Gasteiger charge is -2.34. The van der Waals surface area contributed by atoms with Crippen molar-refractivity contribution < 1.29 is 0 Å². The standard InChI is InChI=1S/C13H23N5/c1-4-11-6-5-7-18(8-11)13-9(2)12(17-14)15-10(3)16-13/h11H,4-8,14H2,1-3H3,(H,15,16,17). The third-order valence-corrected chi connectivity index (χ3v) is 3.76. The zero-order valence-corrected chi connectivity index (χ0v) is 11.5. The summed E-state index contributed by atoms with van der Waals surface area (Å²) in [5, 5.41) is 0. The summed E-state index contributed by atoms with van der Waals surface area (Å²) >= 11 is 0. The molecule has 1 aliphatic rings. The van der Waals surface area contributed by atoms with Crippen molar-refractivity contribution in [2.45, 2.75) is 40.0 Å². The molecular formula is C13H23N5. The highest BCUT2D eigenvalue weighted by atomic mass is 15.3. The maximum Gasteiger partial charge on any atom is 0.148 e. The molecule has 3 N–H and O–H groups in total. The van der Waals surface area contributed by atoms with E-state index in [4.69, 9.17) is 5.84 Å². The van der Waals surface area contributed by atoms with Crippen LogP contribution in [0, 0.1) is 19.8 Å². The molecule has 18 heavy (non-hydrogen) atoms. The molecule has 0 aromatic carbocycles. The van der Waals surface area contributed by atoms with Gasteiger partial charge in [0, 0.05) is 18.7 Å². The molecule has 1 saturated heterocycles. The summed E-state index contributed by atoms with van der Waals surface area (Å²) in [4.78, 5) is 11.3. The molecule has 1 aliphatic heterocycles. The average molecular weight is 249 g/mol. The number of aromatic nitrogens is 2. The number of anilines is 2. The zero-order valence-electron chi connectivity index (χ0n) is 11.5. The highest BCUT2D eigenvalue weighted by Crippen LogP contribution is 2.28. The maximum absolute atomic E-state index is 5.51. The minimum absolute atomic E-state index is 0.733. The van der Waals surface area contributed by atoms with Crippen LogP contribution < -0.4 is 16.2 Å². The van der Waals surface area contributed by atoms with Crippen molar-refractivity contribution in [1.82, 2.24) is 9.97 Å². The molecule has 2 rings (SSSR count). The zero-order chi connectivity index (χ0) is 13.1. The number of aryl methyl sites for hydroxylation is 1. The average Bonchev–Trinajstić information content (AvgIpc) is 2.41. The van der Waals surface area contributed by atoms with E-state index >= 15 is 0 Å². The Hall–Kier alpha value is -1.36. The molecule has 0 spiro atoms. The Morgan fingerprint density at radius 2 is 2.17 bits per heavy atom. The second-order valence-corrected chi connectivity index (χ2v) is 5.07. The van der Waals surface area contributed by atoms with E-state index in [0.717, 1.165) is 42.0 Å².